The minimum Gasteiger partial charge on any atom is -0.480 e. The topological polar surface area (TPSA) is 99.3 Å². The van der Waals surface area contributed by atoms with Gasteiger partial charge in [-0.1, -0.05) is 27.7 Å². The fourth-order valence-corrected chi connectivity index (χ4v) is 1.94. The molecule has 116 valence electrons. The molecule has 21 heavy (non-hydrogen) atoms. The first-order valence-corrected chi connectivity index (χ1v) is 6.98. The van der Waals surface area contributed by atoms with Crippen LogP contribution >= 0.6 is 0 Å². The summed E-state index contributed by atoms with van der Waals surface area (Å²) in [5.74, 6) is -1.42. The highest BCUT2D eigenvalue weighted by molar-refractivity contribution is 5.96. The molecule has 6 heteroatoms. The standard InChI is InChI=1S/C15H22N2O4/c1-8(2)5-12(15(20)21)17-14(19)10-6-11(9(3)4)16-13(18)7-10/h6-9,12H,5H2,1-4H3,(H,16,18)(H,17,19)(H,20,21)/t12-/m0/s1. The fourth-order valence-electron chi connectivity index (χ4n) is 1.94. The molecule has 1 aromatic rings. The Morgan fingerprint density at radius 2 is 1.86 bits per heavy atom. The second-order valence-corrected chi connectivity index (χ2v) is 5.84. The summed E-state index contributed by atoms with van der Waals surface area (Å²) in [5, 5.41) is 11.6. The number of hydrogen-bond acceptors (Lipinski definition) is 3. The van der Waals surface area contributed by atoms with Gasteiger partial charge in [0.25, 0.3) is 5.91 Å². The minimum atomic E-state index is -1.08. The van der Waals surface area contributed by atoms with Crippen molar-refractivity contribution in [1.29, 1.82) is 0 Å². The van der Waals surface area contributed by atoms with Crippen LogP contribution in [0.1, 0.15) is 56.1 Å². The van der Waals surface area contributed by atoms with Crippen LogP contribution in [-0.2, 0) is 4.79 Å². The third kappa shape index (κ3) is 5.06. The molecule has 0 fully saturated rings. The number of carbonyl (C=O) groups excluding carboxylic acids is 1. The minimum absolute atomic E-state index is 0.0661. The molecular weight excluding hydrogens is 272 g/mol. The first-order valence-electron chi connectivity index (χ1n) is 6.98. The Labute approximate surface area is 123 Å². The number of nitrogens with one attached hydrogen (secondary N) is 2. The fraction of sp³-hybridized carbons (Fsp3) is 0.533. The Morgan fingerprint density at radius 1 is 1.24 bits per heavy atom. The van der Waals surface area contributed by atoms with Crippen LogP contribution in [-0.4, -0.2) is 28.0 Å². The number of H-pyrrole nitrogens is 1. The zero-order valence-electron chi connectivity index (χ0n) is 12.8. The van der Waals surface area contributed by atoms with Gasteiger partial charge in [-0.05, 0) is 24.3 Å². The van der Waals surface area contributed by atoms with Crippen molar-refractivity contribution in [3.05, 3.63) is 33.7 Å². The largest absolute Gasteiger partial charge is 0.480 e. The van der Waals surface area contributed by atoms with Crippen LogP contribution < -0.4 is 10.9 Å². The molecule has 0 aliphatic heterocycles. The van der Waals surface area contributed by atoms with Crippen molar-refractivity contribution in [3.8, 4) is 0 Å². The molecule has 0 spiro atoms. The first-order chi connectivity index (χ1) is 9.70. The highest BCUT2D eigenvalue weighted by atomic mass is 16.4. The van der Waals surface area contributed by atoms with Gasteiger partial charge >= 0.3 is 5.97 Å². The van der Waals surface area contributed by atoms with Crippen LogP contribution in [0.2, 0.25) is 0 Å². The van der Waals surface area contributed by atoms with Gasteiger partial charge in [-0.3, -0.25) is 9.59 Å². The highest BCUT2D eigenvalue weighted by Crippen LogP contribution is 2.12. The third-order valence-corrected chi connectivity index (χ3v) is 3.06. The number of carboxylic acids is 1. The summed E-state index contributed by atoms with van der Waals surface area (Å²) in [6.45, 7) is 7.55. The van der Waals surface area contributed by atoms with E-state index >= 15 is 0 Å². The van der Waals surface area contributed by atoms with Crippen LogP contribution in [0.25, 0.3) is 0 Å². The second kappa shape index (κ2) is 7.06. The van der Waals surface area contributed by atoms with E-state index in [4.69, 9.17) is 5.11 Å². The number of amides is 1. The number of carbonyl (C=O) groups is 2. The van der Waals surface area contributed by atoms with Gasteiger partial charge in [-0.2, -0.15) is 0 Å². The van der Waals surface area contributed by atoms with Crippen LogP contribution in [0.4, 0.5) is 0 Å². The molecular formula is C15H22N2O4. The SMILES string of the molecule is CC(C)C[C@H](NC(=O)c1cc(C(C)C)[nH]c(=O)c1)C(=O)O. The number of carboxylic acid groups (broad SMARTS) is 1. The number of aromatic nitrogens is 1. The monoisotopic (exact) mass is 294 g/mol. The number of aliphatic carboxylic acids is 1. The summed E-state index contributed by atoms with van der Waals surface area (Å²) in [6.07, 6.45) is 0.335. The van der Waals surface area contributed by atoms with Crippen LogP contribution in [0, 0.1) is 5.92 Å². The summed E-state index contributed by atoms with van der Waals surface area (Å²) in [4.78, 5) is 37.5. The van der Waals surface area contributed by atoms with Gasteiger partial charge in [0.2, 0.25) is 5.56 Å². The first kappa shape index (κ1) is 16.9. The van der Waals surface area contributed by atoms with Crippen molar-refractivity contribution < 1.29 is 14.7 Å². The van der Waals surface area contributed by atoms with E-state index in [-0.39, 0.29) is 23.0 Å². The predicted molar refractivity (Wildman–Crippen MR) is 79.5 cm³/mol. The number of pyridine rings is 1. The molecule has 0 unspecified atom stereocenters. The lowest BCUT2D eigenvalue weighted by Gasteiger charge is -2.16. The lowest BCUT2D eigenvalue weighted by atomic mass is 10.0. The van der Waals surface area contributed by atoms with Crippen molar-refractivity contribution in [1.82, 2.24) is 10.3 Å². The maximum absolute atomic E-state index is 12.1. The number of aromatic amines is 1. The summed E-state index contributed by atoms with van der Waals surface area (Å²) in [6, 6.07) is 1.80. The zero-order valence-corrected chi connectivity index (χ0v) is 12.8. The van der Waals surface area contributed by atoms with Gasteiger partial charge in [0.1, 0.15) is 6.04 Å². The Bertz CT molecular complexity index is 575. The maximum atomic E-state index is 12.1. The van der Waals surface area contributed by atoms with Gasteiger partial charge in [-0.25, -0.2) is 4.79 Å². The summed E-state index contributed by atoms with van der Waals surface area (Å²) < 4.78 is 0. The average Bonchev–Trinajstić information content (AvgIpc) is 2.36. The summed E-state index contributed by atoms with van der Waals surface area (Å²) in [7, 11) is 0. The van der Waals surface area contributed by atoms with Crippen molar-refractivity contribution in [2.24, 2.45) is 5.92 Å². The van der Waals surface area contributed by atoms with Crippen LogP contribution in [0.15, 0.2) is 16.9 Å². The lowest BCUT2D eigenvalue weighted by Crippen LogP contribution is -2.42. The molecule has 1 rings (SSSR count). The van der Waals surface area contributed by atoms with Crippen molar-refractivity contribution in [2.45, 2.75) is 46.1 Å². The second-order valence-electron chi connectivity index (χ2n) is 5.84. The molecule has 6 nitrogen and oxygen atoms in total. The van der Waals surface area contributed by atoms with E-state index in [0.717, 1.165) is 0 Å². The van der Waals surface area contributed by atoms with E-state index in [1.165, 1.54) is 6.07 Å². The number of rotatable bonds is 6. The smallest absolute Gasteiger partial charge is 0.326 e. The predicted octanol–water partition coefficient (Wildman–Crippen LogP) is 1.73. The van der Waals surface area contributed by atoms with Crippen LogP contribution in [0.5, 0.6) is 0 Å². The molecule has 0 radical (unpaired) electrons. The van der Waals surface area contributed by atoms with Crippen LogP contribution in [0.3, 0.4) is 0 Å². The van der Waals surface area contributed by atoms with Gasteiger partial charge in [0.05, 0.1) is 0 Å². The summed E-state index contributed by atoms with van der Waals surface area (Å²) in [5.41, 5.74) is 0.447. The van der Waals surface area contributed by atoms with Crippen molar-refractivity contribution in [3.63, 3.8) is 0 Å². The quantitative estimate of drug-likeness (QED) is 0.744. The molecule has 1 atom stereocenters. The van der Waals surface area contributed by atoms with E-state index in [9.17, 15) is 14.4 Å². The van der Waals surface area contributed by atoms with E-state index < -0.39 is 17.9 Å². The number of hydrogen-bond donors (Lipinski definition) is 3. The highest BCUT2D eigenvalue weighted by Gasteiger charge is 2.22. The molecule has 0 aliphatic carbocycles. The molecule has 0 saturated heterocycles. The molecule has 1 amide bonds. The van der Waals surface area contributed by atoms with Crippen molar-refractivity contribution >= 4 is 11.9 Å². The third-order valence-electron chi connectivity index (χ3n) is 3.06. The van der Waals surface area contributed by atoms with Crippen molar-refractivity contribution in [2.75, 3.05) is 0 Å². The van der Waals surface area contributed by atoms with Gasteiger partial charge in [0.15, 0.2) is 0 Å². The molecule has 3 N–H and O–H groups in total. The molecule has 0 aliphatic rings. The van der Waals surface area contributed by atoms with E-state index in [0.29, 0.717) is 12.1 Å². The van der Waals surface area contributed by atoms with E-state index in [2.05, 4.69) is 10.3 Å². The van der Waals surface area contributed by atoms with E-state index in [1.54, 1.807) is 6.07 Å². The molecule has 0 aromatic carbocycles. The maximum Gasteiger partial charge on any atom is 0.326 e. The normalized spacial score (nSPS) is 12.5. The van der Waals surface area contributed by atoms with Gasteiger partial charge in [-0.15, -0.1) is 0 Å². The molecule has 0 saturated carbocycles. The average molecular weight is 294 g/mol. The Kier molecular flexibility index (Phi) is 5.69. The zero-order chi connectivity index (χ0) is 16.2. The lowest BCUT2D eigenvalue weighted by molar-refractivity contribution is -0.139. The molecule has 0 bridgehead atoms. The van der Waals surface area contributed by atoms with Gasteiger partial charge in [0, 0.05) is 17.3 Å². The van der Waals surface area contributed by atoms with E-state index in [1.807, 2.05) is 27.7 Å². The van der Waals surface area contributed by atoms with Gasteiger partial charge < -0.3 is 15.4 Å². The molecule has 1 heterocycles. The Balaban J connectivity index is 2.97. The molecule has 1 aromatic heterocycles. The summed E-state index contributed by atoms with van der Waals surface area (Å²) >= 11 is 0. The Morgan fingerprint density at radius 3 is 2.33 bits per heavy atom. The Hall–Kier alpha value is -2.11.